The molecule has 0 bridgehead atoms. The first-order valence-corrected chi connectivity index (χ1v) is 8.16. The van der Waals surface area contributed by atoms with Crippen LogP contribution in [0.3, 0.4) is 0 Å². The number of benzene rings is 1. The van der Waals surface area contributed by atoms with Crippen molar-refractivity contribution in [2.24, 2.45) is 0 Å². The molecule has 0 saturated carbocycles. The van der Waals surface area contributed by atoms with E-state index in [1.807, 2.05) is 18.2 Å². The number of pyridine rings is 1. The Labute approximate surface area is 142 Å². The van der Waals surface area contributed by atoms with Crippen LogP contribution in [0.5, 0.6) is 0 Å². The number of hydrogen-bond donors (Lipinski definition) is 1. The molecular formula is C16H15BrClN3O. The van der Waals surface area contributed by atoms with Gasteiger partial charge in [-0.2, -0.15) is 0 Å². The van der Waals surface area contributed by atoms with Crippen molar-refractivity contribution in [3.8, 4) is 0 Å². The first kappa shape index (κ1) is 15.3. The van der Waals surface area contributed by atoms with Crippen LogP contribution in [0.4, 0.5) is 11.5 Å². The van der Waals surface area contributed by atoms with Crippen LogP contribution in [0.25, 0.3) is 0 Å². The zero-order valence-electron chi connectivity index (χ0n) is 12.1. The van der Waals surface area contributed by atoms with Gasteiger partial charge in [0.15, 0.2) is 0 Å². The lowest BCUT2D eigenvalue weighted by Crippen LogP contribution is -2.32. The first-order valence-electron chi connectivity index (χ1n) is 6.99. The topological polar surface area (TPSA) is 45.2 Å². The lowest BCUT2D eigenvalue weighted by Gasteiger charge is -2.31. The lowest BCUT2D eigenvalue weighted by atomic mass is 9.97. The molecule has 3 rings (SSSR count). The quantitative estimate of drug-likeness (QED) is 0.856. The monoisotopic (exact) mass is 379 g/mol. The van der Waals surface area contributed by atoms with E-state index in [0.29, 0.717) is 5.02 Å². The van der Waals surface area contributed by atoms with Crippen LogP contribution in [0.15, 0.2) is 34.9 Å². The van der Waals surface area contributed by atoms with Crippen LogP contribution < -0.4 is 10.2 Å². The van der Waals surface area contributed by atoms with Gasteiger partial charge in [-0.1, -0.05) is 23.7 Å². The van der Waals surface area contributed by atoms with Crippen molar-refractivity contribution < 1.29 is 4.79 Å². The molecule has 1 aliphatic heterocycles. The molecule has 0 fully saturated rings. The van der Waals surface area contributed by atoms with Crippen molar-refractivity contribution in [2.45, 2.75) is 19.9 Å². The number of hydrogen-bond acceptors (Lipinski definition) is 3. The van der Waals surface area contributed by atoms with E-state index in [1.165, 1.54) is 18.1 Å². The van der Waals surface area contributed by atoms with Gasteiger partial charge in [-0.3, -0.25) is 4.79 Å². The number of amides is 1. The molecule has 2 aromatic rings. The molecule has 0 unspecified atom stereocenters. The molecule has 1 aliphatic rings. The number of carbonyl (C=O) groups is 1. The summed E-state index contributed by atoms with van der Waals surface area (Å²) in [6.07, 6.45) is 2.52. The van der Waals surface area contributed by atoms with Gasteiger partial charge in [-0.15, -0.1) is 0 Å². The molecule has 1 N–H and O–H groups in total. The largest absolute Gasteiger partial charge is 0.351 e. The minimum absolute atomic E-state index is 0.0436. The highest BCUT2D eigenvalue weighted by molar-refractivity contribution is 9.10. The lowest BCUT2D eigenvalue weighted by molar-refractivity contribution is -0.114. The van der Waals surface area contributed by atoms with Crippen molar-refractivity contribution in [3.05, 3.63) is 51.1 Å². The smallest absolute Gasteiger partial charge is 0.221 e. The molecule has 4 nitrogen and oxygen atoms in total. The van der Waals surface area contributed by atoms with Gasteiger partial charge in [0.05, 0.1) is 9.50 Å². The van der Waals surface area contributed by atoms with E-state index < -0.39 is 0 Å². The summed E-state index contributed by atoms with van der Waals surface area (Å²) < 4.78 is 0.890. The third-order valence-corrected chi connectivity index (χ3v) is 4.45. The predicted molar refractivity (Wildman–Crippen MR) is 92.4 cm³/mol. The highest BCUT2D eigenvalue weighted by atomic mass is 79.9. The highest BCUT2D eigenvalue weighted by Gasteiger charge is 2.21. The molecule has 1 aromatic heterocycles. The Bertz CT molecular complexity index is 735. The Morgan fingerprint density at radius 3 is 3.00 bits per heavy atom. The van der Waals surface area contributed by atoms with Gasteiger partial charge < -0.3 is 10.2 Å². The Balaban J connectivity index is 1.89. The van der Waals surface area contributed by atoms with Crippen LogP contribution in [-0.2, 0) is 17.8 Å². The van der Waals surface area contributed by atoms with Crippen LogP contribution in [-0.4, -0.2) is 17.4 Å². The molecule has 114 valence electrons. The second-order valence-corrected chi connectivity index (χ2v) is 6.55. The van der Waals surface area contributed by atoms with E-state index in [2.05, 4.69) is 37.2 Å². The Morgan fingerprint density at radius 1 is 1.45 bits per heavy atom. The number of rotatable bonds is 2. The van der Waals surface area contributed by atoms with Crippen LogP contribution in [0, 0.1) is 0 Å². The average molecular weight is 381 g/mol. The molecule has 0 radical (unpaired) electrons. The summed E-state index contributed by atoms with van der Waals surface area (Å²) in [6, 6.07) is 7.87. The average Bonchev–Trinajstić information content (AvgIpc) is 2.46. The van der Waals surface area contributed by atoms with E-state index >= 15 is 0 Å². The van der Waals surface area contributed by atoms with Crippen molar-refractivity contribution >= 4 is 44.9 Å². The van der Waals surface area contributed by atoms with Gasteiger partial charge in [-0.25, -0.2) is 4.98 Å². The molecule has 0 saturated heterocycles. The van der Waals surface area contributed by atoms with Gasteiger partial charge in [-0.05, 0) is 45.6 Å². The standard InChI is InChI=1S/C16H15BrClN3O/c1-10(22)20-15-4-2-3-11-9-21(6-5-13(11)15)16-14(17)7-12(18)8-19-16/h2-4,7-8H,5-6,9H2,1H3,(H,20,22). The molecule has 2 heterocycles. The van der Waals surface area contributed by atoms with Gasteiger partial charge in [0, 0.05) is 31.9 Å². The number of nitrogens with zero attached hydrogens (tertiary/aromatic N) is 2. The zero-order chi connectivity index (χ0) is 15.7. The van der Waals surface area contributed by atoms with E-state index in [9.17, 15) is 4.79 Å². The van der Waals surface area contributed by atoms with Crippen molar-refractivity contribution in [2.75, 3.05) is 16.8 Å². The summed E-state index contributed by atoms with van der Waals surface area (Å²) in [4.78, 5) is 17.9. The third-order valence-electron chi connectivity index (χ3n) is 3.66. The van der Waals surface area contributed by atoms with E-state index in [1.54, 1.807) is 6.20 Å². The maximum absolute atomic E-state index is 11.3. The zero-order valence-corrected chi connectivity index (χ0v) is 14.4. The SMILES string of the molecule is CC(=O)Nc1cccc2c1CCN(c1ncc(Cl)cc1Br)C2. The van der Waals surface area contributed by atoms with Gasteiger partial charge >= 0.3 is 0 Å². The molecule has 0 atom stereocenters. The fourth-order valence-electron chi connectivity index (χ4n) is 2.74. The fraction of sp³-hybridized carbons (Fsp3) is 0.250. The molecule has 0 aliphatic carbocycles. The first-order chi connectivity index (χ1) is 10.5. The number of fused-ring (bicyclic) bond motifs is 1. The number of nitrogens with one attached hydrogen (secondary N) is 1. The normalized spacial score (nSPS) is 13.7. The second-order valence-electron chi connectivity index (χ2n) is 5.25. The number of carbonyl (C=O) groups excluding carboxylic acids is 1. The summed E-state index contributed by atoms with van der Waals surface area (Å²) in [7, 11) is 0. The maximum atomic E-state index is 11.3. The van der Waals surface area contributed by atoms with Gasteiger partial charge in [0.25, 0.3) is 0 Å². The van der Waals surface area contributed by atoms with E-state index in [4.69, 9.17) is 11.6 Å². The summed E-state index contributed by atoms with van der Waals surface area (Å²) in [5.74, 6) is 0.845. The fourth-order valence-corrected chi connectivity index (χ4v) is 3.63. The molecule has 22 heavy (non-hydrogen) atoms. The molecule has 6 heteroatoms. The Kier molecular flexibility index (Phi) is 4.36. The predicted octanol–water partition coefficient (Wildman–Crippen LogP) is 4.02. The number of halogens is 2. The summed E-state index contributed by atoms with van der Waals surface area (Å²) in [5.41, 5.74) is 3.33. The van der Waals surface area contributed by atoms with Crippen LogP contribution in [0.2, 0.25) is 5.02 Å². The molecule has 1 aromatic carbocycles. The summed E-state index contributed by atoms with van der Waals surface area (Å²) in [5, 5.41) is 3.52. The van der Waals surface area contributed by atoms with E-state index in [-0.39, 0.29) is 5.91 Å². The third kappa shape index (κ3) is 3.10. The van der Waals surface area contributed by atoms with Crippen LogP contribution >= 0.6 is 27.5 Å². The molecular weight excluding hydrogens is 366 g/mol. The second kappa shape index (κ2) is 6.26. The van der Waals surface area contributed by atoms with Crippen molar-refractivity contribution in [3.63, 3.8) is 0 Å². The summed E-state index contributed by atoms with van der Waals surface area (Å²) in [6.45, 7) is 3.14. The van der Waals surface area contributed by atoms with Gasteiger partial charge in [0.1, 0.15) is 5.82 Å². The molecule has 0 spiro atoms. The summed E-state index contributed by atoms with van der Waals surface area (Å²) >= 11 is 9.48. The minimum Gasteiger partial charge on any atom is -0.351 e. The molecule has 1 amide bonds. The van der Waals surface area contributed by atoms with E-state index in [0.717, 1.165) is 35.5 Å². The highest BCUT2D eigenvalue weighted by Crippen LogP contribution is 2.32. The maximum Gasteiger partial charge on any atom is 0.221 e. The Hall–Kier alpha value is -1.59. The van der Waals surface area contributed by atoms with Crippen LogP contribution in [0.1, 0.15) is 18.1 Å². The van der Waals surface area contributed by atoms with Crippen molar-refractivity contribution in [1.82, 2.24) is 4.98 Å². The number of aromatic nitrogens is 1. The van der Waals surface area contributed by atoms with Crippen molar-refractivity contribution in [1.29, 1.82) is 0 Å². The minimum atomic E-state index is -0.0436. The number of anilines is 2. The Morgan fingerprint density at radius 2 is 2.27 bits per heavy atom. The van der Waals surface area contributed by atoms with Gasteiger partial charge in [0.2, 0.25) is 5.91 Å².